The van der Waals surface area contributed by atoms with E-state index in [4.69, 9.17) is 9.72 Å². The van der Waals surface area contributed by atoms with Gasteiger partial charge in [0.2, 0.25) is 5.95 Å². The fourth-order valence-corrected chi connectivity index (χ4v) is 5.76. The number of ether oxygens (including phenoxy) is 1. The molecule has 1 atom stereocenters. The van der Waals surface area contributed by atoms with E-state index in [0.717, 1.165) is 73.9 Å². The molecule has 7 heteroatoms. The number of hydrogen-bond donors (Lipinski definition) is 1. The number of halogens is 1. The Morgan fingerprint density at radius 1 is 0.923 bits per heavy atom. The zero-order valence-electron chi connectivity index (χ0n) is 22.3. The Morgan fingerprint density at radius 3 is 2.51 bits per heavy atom. The zero-order chi connectivity index (χ0) is 26.6. The first-order chi connectivity index (χ1) is 19.2. The van der Waals surface area contributed by atoms with E-state index in [-0.39, 0.29) is 11.7 Å². The molecule has 1 aromatic heterocycles. The summed E-state index contributed by atoms with van der Waals surface area (Å²) >= 11 is 0. The van der Waals surface area contributed by atoms with Gasteiger partial charge < -0.3 is 10.1 Å². The largest absolute Gasteiger partial charge is 0.383 e. The number of rotatable bonds is 8. The van der Waals surface area contributed by atoms with Gasteiger partial charge in [-0.15, -0.1) is 0 Å². The van der Waals surface area contributed by atoms with Gasteiger partial charge in [0.25, 0.3) is 0 Å². The first kappa shape index (κ1) is 25.6. The highest BCUT2D eigenvalue weighted by Gasteiger charge is 2.29. The van der Waals surface area contributed by atoms with Crippen molar-refractivity contribution in [1.82, 2.24) is 19.8 Å². The van der Waals surface area contributed by atoms with Crippen molar-refractivity contribution in [3.63, 3.8) is 0 Å². The Balaban J connectivity index is 1.18. The number of nitrogens with one attached hydrogen (secondary N) is 1. The normalized spacial score (nSPS) is 17.4. The van der Waals surface area contributed by atoms with Crippen molar-refractivity contribution in [3.8, 4) is 11.3 Å². The van der Waals surface area contributed by atoms with E-state index in [9.17, 15) is 4.39 Å². The number of methoxy groups -OCH3 is 1. The Bertz CT molecular complexity index is 1440. The summed E-state index contributed by atoms with van der Waals surface area (Å²) < 4.78 is 20.0. The molecule has 2 aliphatic rings. The maximum absolute atomic E-state index is 14.7. The Hall–Kier alpha value is -3.65. The van der Waals surface area contributed by atoms with Gasteiger partial charge in [-0.2, -0.15) is 0 Å². The summed E-state index contributed by atoms with van der Waals surface area (Å²) in [5.74, 6) is 0.334. The van der Waals surface area contributed by atoms with Crippen LogP contribution in [0.25, 0.3) is 11.3 Å². The first-order valence-corrected chi connectivity index (χ1v) is 13.7. The van der Waals surface area contributed by atoms with Crippen molar-refractivity contribution >= 4 is 11.6 Å². The number of anilines is 2. The van der Waals surface area contributed by atoms with Gasteiger partial charge in [-0.05, 0) is 46.9 Å². The van der Waals surface area contributed by atoms with Crippen molar-refractivity contribution in [2.45, 2.75) is 18.9 Å². The van der Waals surface area contributed by atoms with Crippen LogP contribution in [0.3, 0.4) is 0 Å². The third-order valence-electron chi connectivity index (χ3n) is 7.83. The van der Waals surface area contributed by atoms with Crippen LogP contribution in [0, 0.1) is 5.82 Å². The molecule has 1 saturated heterocycles. The molecule has 1 aliphatic carbocycles. The first-order valence-electron chi connectivity index (χ1n) is 13.7. The molecule has 6 nitrogen and oxygen atoms in total. The quantitative estimate of drug-likeness (QED) is 0.330. The number of benzene rings is 3. The van der Waals surface area contributed by atoms with E-state index in [0.29, 0.717) is 17.9 Å². The van der Waals surface area contributed by atoms with Gasteiger partial charge in [0.05, 0.1) is 12.3 Å². The monoisotopic (exact) mass is 523 g/mol. The predicted octanol–water partition coefficient (Wildman–Crippen LogP) is 5.48. The Labute approximate surface area is 229 Å². The van der Waals surface area contributed by atoms with Gasteiger partial charge in [-0.1, -0.05) is 54.6 Å². The fraction of sp³-hybridized carbons (Fsp3) is 0.312. The molecule has 0 spiro atoms. The lowest BCUT2D eigenvalue weighted by atomic mass is 9.78. The van der Waals surface area contributed by atoms with Crippen molar-refractivity contribution in [3.05, 3.63) is 107 Å². The molecule has 1 aliphatic heterocycles. The second-order valence-electron chi connectivity index (χ2n) is 10.4. The molecule has 0 radical (unpaired) electrons. The van der Waals surface area contributed by atoms with Gasteiger partial charge in [0.15, 0.2) is 0 Å². The van der Waals surface area contributed by atoms with Gasteiger partial charge >= 0.3 is 0 Å². The van der Waals surface area contributed by atoms with E-state index >= 15 is 0 Å². The highest BCUT2D eigenvalue weighted by Crippen LogP contribution is 2.42. The van der Waals surface area contributed by atoms with Crippen LogP contribution in [0.15, 0.2) is 79.0 Å². The second-order valence-corrected chi connectivity index (χ2v) is 10.4. The molecule has 39 heavy (non-hydrogen) atoms. The van der Waals surface area contributed by atoms with Crippen LogP contribution < -0.4 is 5.32 Å². The summed E-state index contributed by atoms with van der Waals surface area (Å²) in [4.78, 5) is 14.5. The highest BCUT2D eigenvalue weighted by molar-refractivity contribution is 5.73. The van der Waals surface area contributed by atoms with Crippen molar-refractivity contribution in [1.29, 1.82) is 0 Å². The molecule has 1 N–H and O–H groups in total. The van der Waals surface area contributed by atoms with Crippen LogP contribution >= 0.6 is 0 Å². The summed E-state index contributed by atoms with van der Waals surface area (Å²) in [7, 11) is 1.76. The van der Waals surface area contributed by atoms with Crippen molar-refractivity contribution in [2.75, 3.05) is 51.8 Å². The van der Waals surface area contributed by atoms with Crippen LogP contribution in [-0.4, -0.2) is 66.2 Å². The van der Waals surface area contributed by atoms with E-state index < -0.39 is 0 Å². The summed E-state index contributed by atoms with van der Waals surface area (Å²) in [5, 5.41) is 3.42. The molecule has 200 valence electrons. The number of aromatic nitrogens is 2. The maximum Gasteiger partial charge on any atom is 0.227 e. The van der Waals surface area contributed by atoms with Gasteiger partial charge in [-0.25, -0.2) is 14.4 Å². The lowest BCUT2D eigenvalue weighted by molar-refractivity contribution is 0.0938. The van der Waals surface area contributed by atoms with Crippen LogP contribution in [0.4, 0.5) is 16.0 Å². The van der Waals surface area contributed by atoms with E-state index in [1.807, 2.05) is 30.5 Å². The smallest absolute Gasteiger partial charge is 0.227 e. The fourth-order valence-electron chi connectivity index (χ4n) is 5.76. The Kier molecular flexibility index (Phi) is 7.63. The maximum atomic E-state index is 14.7. The molecule has 6 rings (SSSR count). The van der Waals surface area contributed by atoms with Crippen LogP contribution in [0.5, 0.6) is 0 Å². The summed E-state index contributed by atoms with van der Waals surface area (Å²) in [6.45, 7) is 6.97. The number of hydrogen-bond acceptors (Lipinski definition) is 6. The minimum Gasteiger partial charge on any atom is -0.383 e. The Morgan fingerprint density at radius 2 is 1.69 bits per heavy atom. The van der Waals surface area contributed by atoms with E-state index in [2.05, 4.69) is 56.5 Å². The second kappa shape index (κ2) is 11.6. The van der Waals surface area contributed by atoms with E-state index in [1.165, 1.54) is 11.6 Å². The summed E-state index contributed by atoms with van der Waals surface area (Å²) in [6.07, 6.45) is 2.56. The average molecular weight is 524 g/mol. The molecule has 1 fully saturated rings. The molecule has 3 aromatic carbocycles. The van der Waals surface area contributed by atoms with Gasteiger partial charge in [-0.3, -0.25) is 9.80 Å². The molecule has 0 amide bonds. The molecular weight excluding hydrogens is 489 g/mol. The van der Waals surface area contributed by atoms with Crippen LogP contribution in [0.2, 0.25) is 0 Å². The van der Waals surface area contributed by atoms with Gasteiger partial charge in [0, 0.05) is 69.7 Å². The molecule has 0 bridgehead atoms. The molecule has 0 saturated carbocycles. The minimum atomic E-state index is -0.173. The SMILES string of the molecule is COCCN1CCN(Cc2cccc(Nc3ncc4c(n3)-c3ccccc3[C@H](c3ccccc3F)C4)c2)CC1. The molecule has 2 heterocycles. The average Bonchev–Trinajstić information content (AvgIpc) is 2.97. The third-order valence-corrected chi connectivity index (χ3v) is 7.83. The highest BCUT2D eigenvalue weighted by atomic mass is 19.1. The number of nitrogens with zero attached hydrogens (tertiary/aromatic N) is 4. The van der Waals surface area contributed by atoms with Gasteiger partial charge in [0.1, 0.15) is 5.82 Å². The van der Waals surface area contributed by atoms with Crippen LogP contribution in [-0.2, 0) is 17.7 Å². The van der Waals surface area contributed by atoms with Crippen molar-refractivity contribution < 1.29 is 9.13 Å². The zero-order valence-corrected chi connectivity index (χ0v) is 22.3. The lowest BCUT2D eigenvalue weighted by Crippen LogP contribution is -2.46. The van der Waals surface area contributed by atoms with Crippen molar-refractivity contribution in [2.24, 2.45) is 0 Å². The summed E-state index contributed by atoms with van der Waals surface area (Å²) in [5.41, 5.74) is 7.04. The number of piperazine rings is 1. The lowest BCUT2D eigenvalue weighted by Gasteiger charge is -2.34. The van der Waals surface area contributed by atoms with Crippen LogP contribution in [0.1, 0.15) is 28.2 Å². The topological polar surface area (TPSA) is 53.5 Å². The minimum absolute atomic E-state index is 0.0594. The number of fused-ring (bicyclic) bond motifs is 3. The predicted molar refractivity (Wildman–Crippen MR) is 153 cm³/mol. The molecular formula is C32H34FN5O. The standard InChI is InChI=1S/C32H34FN5O/c1-39-18-17-37-13-15-38(16-14-37)22-23-7-6-8-25(19-23)35-32-34-21-24-20-29(27-10-4-5-12-30(27)33)26-9-2-3-11-28(26)31(24)36-32/h2-12,19,21,29H,13-18,20,22H2,1H3,(H,34,35,36)/t29-/m1/s1. The molecule has 0 unspecified atom stereocenters. The summed E-state index contributed by atoms with van der Waals surface area (Å²) in [6, 6.07) is 23.7. The third kappa shape index (κ3) is 5.71. The van der Waals surface area contributed by atoms with E-state index in [1.54, 1.807) is 13.2 Å². The molecule has 4 aromatic rings.